The van der Waals surface area contributed by atoms with Gasteiger partial charge in [0.1, 0.15) is 5.75 Å². The minimum atomic E-state index is -0.0444. The van der Waals surface area contributed by atoms with Crippen LogP contribution in [0.5, 0.6) is 5.75 Å². The number of nitrogens with two attached hydrogens (primary N) is 2. The van der Waals surface area contributed by atoms with Gasteiger partial charge in [0.05, 0.1) is 6.61 Å². The third-order valence-corrected chi connectivity index (χ3v) is 3.64. The lowest BCUT2D eigenvalue weighted by atomic mass is 9.85. The van der Waals surface area contributed by atoms with E-state index in [4.69, 9.17) is 16.2 Å². The third-order valence-electron chi connectivity index (χ3n) is 3.64. The van der Waals surface area contributed by atoms with E-state index in [0.717, 1.165) is 31.6 Å². The summed E-state index contributed by atoms with van der Waals surface area (Å²) in [6.07, 6.45) is 5.76. The molecule has 18 heavy (non-hydrogen) atoms. The molecule has 100 valence electrons. The highest BCUT2D eigenvalue weighted by Crippen LogP contribution is 2.34. The maximum Gasteiger partial charge on any atom is 0.122 e. The summed E-state index contributed by atoms with van der Waals surface area (Å²) in [5.41, 5.74) is 15.8. The van der Waals surface area contributed by atoms with Gasteiger partial charge in [0.15, 0.2) is 0 Å². The highest BCUT2D eigenvalue weighted by molar-refractivity contribution is 5.47. The Morgan fingerprint density at radius 1 is 1.22 bits per heavy atom. The summed E-state index contributed by atoms with van der Waals surface area (Å²) in [6, 6.07) is 4.13. The quantitative estimate of drug-likeness (QED) is 0.840. The van der Waals surface area contributed by atoms with Crippen molar-refractivity contribution < 1.29 is 4.74 Å². The monoisotopic (exact) mass is 248 g/mol. The first-order chi connectivity index (χ1) is 8.77. The Labute approximate surface area is 110 Å². The molecule has 0 heterocycles. The Hall–Kier alpha value is -1.06. The number of ether oxygens (including phenoxy) is 1. The van der Waals surface area contributed by atoms with E-state index in [0.29, 0.717) is 6.54 Å². The van der Waals surface area contributed by atoms with E-state index in [-0.39, 0.29) is 6.04 Å². The van der Waals surface area contributed by atoms with Crippen molar-refractivity contribution in [3.05, 3.63) is 28.8 Å². The van der Waals surface area contributed by atoms with Crippen molar-refractivity contribution in [3.63, 3.8) is 0 Å². The van der Waals surface area contributed by atoms with Crippen LogP contribution < -0.4 is 16.2 Å². The van der Waals surface area contributed by atoms with Crippen molar-refractivity contribution in [2.75, 3.05) is 13.2 Å². The van der Waals surface area contributed by atoms with Crippen LogP contribution in [0.3, 0.4) is 0 Å². The zero-order chi connectivity index (χ0) is 13.0. The van der Waals surface area contributed by atoms with Crippen molar-refractivity contribution in [2.24, 2.45) is 11.5 Å². The molecular weight excluding hydrogens is 224 g/mol. The third kappa shape index (κ3) is 2.68. The summed E-state index contributed by atoms with van der Waals surface area (Å²) < 4.78 is 5.85. The second-order valence-electron chi connectivity index (χ2n) is 5.01. The van der Waals surface area contributed by atoms with E-state index in [9.17, 15) is 0 Å². The topological polar surface area (TPSA) is 61.3 Å². The largest absolute Gasteiger partial charge is 0.493 e. The van der Waals surface area contributed by atoms with Crippen LogP contribution in [-0.2, 0) is 12.8 Å². The molecule has 0 radical (unpaired) electrons. The van der Waals surface area contributed by atoms with E-state index in [2.05, 4.69) is 19.1 Å². The SMILES string of the molecule is CCCOc1ccc(C(N)CN)c2c1CCCC2. The molecule has 1 aliphatic rings. The van der Waals surface area contributed by atoms with Crippen LogP contribution >= 0.6 is 0 Å². The molecule has 0 aliphatic heterocycles. The molecule has 0 spiro atoms. The predicted molar refractivity (Wildman–Crippen MR) is 74.9 cm³/mol. The Morgan fingerprint density at radius 3 is 2.61 bits per heavy atom. The fourth-order valence-electron chi connectivity index (χ4n) is 2.68. The number of fused-ring (bicyclic) bond motifs is 1. The molecule has 2 rings (SSSR count). The summed E-state index contributed by atoms with van der Waals surface area (Å²) in [6.45, 7) is 3.42. The smallest absolute Gasteiger partial charge is 0.122 e. The highest BCUT2D eigenvalue weighted by Gasteiger charge is 2.20. The second-order valence-corrected chi connectivity index (χ2v) is 5.01. The molecule has 3 nitrogen and oxygen atoms in total. The molecule has 1 aromatic rings. The lowest BCUT2D eigenvalue weighted by Gasteiger charge is -2.24. The van der Waals surface area contributed by atoms with Gasteiger partial charge in [-0.05, 0) is 54.9 Å². The molecule has 0 saturated heterocycles. The molecule has 0 amide bonds. The lowest BCUT2D eigenvalue weighted by molar-refractivity contribution is 0.312. The normalized spacial score (nSPS) is 16.2. The molecular formula is C15H24N2O. The summed E-state index contributed by atoms with van der Waals surface area (Å²) >= 11 is 0. The van der Waals surface area contributed by atoms with Crippen molar-refractivity contribution in [1.29, 1.82) is 0 Å². The Kier molecular flexibility index (Phi) is 4.61. The average molecular weight is 248 g/mol. The van der Waals surface area contributed by atoms with E-state index in [1.165, 1.54) is 29.5 Å². The summed E-state index contributed by atoms with van der Waals surface area (Å²) in [5.74, 6) is 1.06. The molecule has 1 aromatic carbocycles. The number of benzene rings is 1. The lowest BCUT2D eigenvalue weighted by Crippen LogP contribution is -2.23. The molecule has 0 bridgehead atoms. The number of hydrogen-bond acceptors (Lipinski definition) is 3. The maximum atomic E-state index is 6.10. The first kappa shape index (κ1) is 13.4. The van der Waals surface area contributed by atoms with E-state index in [1.54, 1.807) is 0 Å². The molecule has 0 saturated carbocycles. The number of rotatable bonds is 5. The molecule has 4 N–H and O–H groups in total. The zero-order valence-corrected chi connectivity index (χ0v) is 11.2. The summed E-state index contributed by atoms with van der Waals surface area (Å²) in [7, 11) is 0. The number of hydrogen-bond donors (Lipinski definition) is 2. The Bertz CT molecular complexity index is 404. The Morgan fingerprint density at radius 2 is 1.94 bits per heavy atom. The standard InChI is InChI=1S/C15H24N2O/c1-2-9-18-15-8-7-12(14(17)10-16)11-5-3-4-6-13(11)15/h7-8,14H,2-6,9-10,16-17H2,1H3. The molecule has 0 aromatic heterocycles. The van der Waals surface area contributed by atoms with Crippen molar-refractivity contribution in [2.45, 2.75) is 45.1 Å². The van der Waals surface area contributed by atoms with E-state index in [1.807, 2.05) is 0 Å². The van der Waals surface area contributed by atoms with Gasteiger partial charge in [-0.15, -0.1) is 0 Å². The van der Waals surface area contributed by atoms with Gasteiger partial charge in [0, 0.05) is 12.6 Å². The van der Waals surface area contributed by atoms with Crippen LogP contribution in [0.25, 0.3) is 0 Å². The van der Waals surface area contributed by atoms with Gasteiger partial charge < -0.3 is 16.2 Å². The fraction of sp³-hybridized carbons (Fsp3) is 0.600. The van der Waals surface area contributed by atoms with Crippen molar-refractivity contribution in [3.8, 4) is 5.75 Å². The van der Waals surface area contributed by atoms with Gasteiger partial charge in [-0.2, -0.15) is 0 Å². The summed E-state index contributed by atoms with van der Waals surface area (Å²) in [4.78, 5) is 0. The van der Waals surface area contributed by atoms with E-state index < -0.39 is 0 Å². The molecule has 1 aliphatic carbocycles. The Balaban J connectivity index is 2.35. The molecule has 1 unspecified atom stereocenters. The minimum absolute atomic E-state index is 0.0444. The van der Waals surface area contributed by atoms with Crippen LogP contribution in [0.15, 0.2) is 12.1 Å². The van der Waals surface area contributed by atoms with Crippen LogP contribution in [-0.4, -0.2) is 13.2 Å². The van der Waals surface area contributed by atoms with Crippen LogP contribution in [0.2, 0.25) is 0 Å². The second kappa shape index (κ2) is 6.21. The van der Waals surface area contributed by atoms with Gasteiger partial charge >= 0.3 is 0 Å². The predicted octanol–water partition coefficient (Wildman–Crippen LogP) is 2.31. The fourth-order valence-corrected chi connectivity index (χ4v) is 2.68. The van der Waals surface area contributed by atoms with Gasteiger partial charge in [0.25, 0.3) is 0 Å². The van der Waals surface area contributed by atoms with Crippen molar-refractivity contribution in [1.82, 2.24) is 0 Å². The molecule has 3 heteroatoms. The van der Waals surface area contributed by atoms with Crippen LogP contribution in [0.4, 0.5) is 0 Å². The van der Waals surface area contributed by atoms with Gasteiger partial charge in [-0.1, -0.05) is 13.0 Å². The highest BCUT2D eigenvalue weighted by atomic mass is 16.5. The van der Waals surface area contributed by atoms with Gasteiger partial charge in [-0.3, -0.25) is 0 Å². The first-order valence-electron chi connectivity index (χ1n) is 7.01. The van der Waals surface area contributed by atoms with Crippen LogP contribution in [0, 0.1) is 0 Å². The molecule has 1 atom stereocenters. The average Bonchev–Trinajstić information content (AvgIpc) is 2.43. The van der Waals surface area contributed by atoms with E-state index >= 15 is 0 Å². The van der Waals surface area contributed by atoms with Crippen molar-refractivity contribution >= 4 is 0 Å². The zero-order valence-electron chi connectivity index (χ0n) is 11.2. The summed E-state index contributed by atoms with van der Waals surface area (Å²) in [5, 5.41) is 0. The maximum absolute atomic E-state index is 6.10. The first-order valence-corrected chi connectivity index (χ1v) is 7.01. The minimum Gasteiger partial charge on any atom is -0.493 e. The molecule has 0 fully saturated rings. The van der Waals surface area contributed by atoms with Gasteiger partial charge in [0.2, 0.25) is 0 Å². The van der Waals surface area contributed by atoms with Gasteiger partial charge in [-0.25, -0.2) is 0 Å². The van der Waals surface area contributed by atoms with Crippen LogP contribution in [0.1, 0.15) is 48.9 Å².